The average Bonchev–Trinajstić information content (AvgIpc) is 3.24. The van der Waals surface area contributed by atoms with E-state index in [1.54, 1.807) is 6.92 Å². The Bertz CT molecular complexity index is 771. The van der Waals surface area contributed by atoms with Gasteiger partial charge in [0.25, 0.3) is 0 Å². The van der Waals surface area contributed by atoms with E-state index >= 15 is 0 Å². The second-order valence-electron chi connectivity index (χ2n) is 9.12. The number of fused-ring (bicyclic) bond motifs is 1. The molecule has 6 unspecified atom stereocenters. The van der Waals surface area contributed by atoms with Crippen molar-refractivity contribution in [3.05, 3.63) is 0 Å². The molecule has 36 heavy (non-hydrogen) atoms. The van der Waals surface area contributed by atoms with Gasteiger partial charge in [0.1, 0.15) is 73.2 Å². The van der Waals surface area contributed by atoms with Gasteiger partial charge in [-0.3, -0.25) is 0 Å². The molecule has 9 N–H and O–H groups in total. The Morgan fingerprint density at radius 1 is 0.694 bits per heavy atom. The number of ether oxygens (including phenoxy) is 6. The molecular weight excluding hydrogens is 494 g/mol. The van der Waals surface area contributed by atoms with E-state index in [9.17, 15) is 46.0 Å². The van der Waals surface area contributed by atoms with Crippen molar-refractivity contribution < 1.29 is 74.4 Å². The van der Waals surface area contributed by atoms with Gasteiger partial charge in [0.05, 0.1) is 19.8 Å². The van der Waals surface area contributed by atoms with E-state index in [2.05, 4.69) is 4.99 Å². The van der Waals surface area contributed by atoms with E-state index in [0.717, 1.165) is 0 Å². The molecule has 16 heteroatoms. The Labute approximate surface area is 204 Å². The molecule has 0 saturated carbocycles. The predicted molar refractivity (Wildman–Crippen MR) is 111 cm³/mol. The molecule has 0 amide bonds. The molecular formula is C20H33NO15. The molecule has 0 aliphatic carbocycles. The summed E-state index contributed by atoms with van der Waals surface area (Å²) in [5, 5.41) is 90.8. The number of aliphatic imine (C=N–C) groups is 1. The van der Waals surface area contributed by atoms with Crippen molar-refractivity contribution in [2.75, 3.05) is 19.8 Å². The van der Waals surface area contributed by atoms with Crippen LogP contribution in [-0.4, -0.2) is 164 Å². The summed E-state index contributed by atoms with van der Waals surface area (Å²) in [5.74, 6) is 0.263. The fourth-order valence-electron chi connectivity index (χ4n) is 4.58. The topological polar surface area (TPSA) is 250 Å². The molecule has 4 heterocycles. The van der Waals surface area contributed by atoms with Crippen molar-refractivity contribution in [2.45, 2.75) is 99.0 Å². The first-order valence-electron chi connectivity index (χ1n) is 11.5. The number of hydrogen-bond donors (Lipinski definition) is 9. The minimum Gasteiger partial charge on any atom is -0.450 e. The molecule has 3 fully saturated rings. The van der Waals surface area contributed by atoms with Gasteiger partial charge < -0.3 is 74.4 Å². The number of nitrogens with zero attached hydrogens (tertiary/aromatic N) is 1. The molecule has 16 nitrogen and oxygen atoms in total. The first-order valence-corrected chi connectivity index (χ1v) is 11.5. The van der Waals surface area contributed by atoms with Gasteiger partial charge in [-0.05, 0) is 0 Å². The van der Waals surface area contributed by atoms with Crippen LogP contribution in [0.2, 0.25) is 0 Å². The molecule has 0 bridgehead atoms. The molecule has 4 rings (SSSR count). The van der Waals surface area contributed by atoms with Crippen molar-refractivity contribution in [3.8, 4) is 0 Å². The lowest BCUT2D eigenvalue weighted by Crippen LogP contribution is -2.64. The first-order chi connectivity index (χ1) is 17.1. The Morgan fingerprint density at radius 3 is 1.92 bits per heavy atom. The van der Waals surface area contributed by atoms with Crippen molar-refractivity contribution in [1.29, 1.82) is 0 Å². The minimum absolute atomic E-state index is 0.263. The fourth-order valence-corrected chi connectivity index (χ4v) is 4.58. The quantitative estimate of drug-likeness (QED) is 0.149. The van der Waals surface area contributed by atoms with Crippen LogP contribution >= 0.6 is 0 Å². The standard InChI is InChI=1S/C20H33NO15/c1-5-21-9-12(26)17(7(3-23)34-18(9)32-5)36-20-16(30)14(28)11(25)8(35-20)4-31-19-15(29)13(27)10(24)6(2-22)33-19/h6-20,22-30H,2-4H2,1H3/t6?,7?,8?,9-,10+,11+,12?,13-,14-,15?,16?,17+,18-,19-,20-/m0/s1. The van der Waals surface area contributed by atoms with E-state index in [0.29, 0.717) is 0 Å². The molecule has 4 aliphatic heterocycles. The Morgan fingerprint density at radius 2 is 1.28 bits per heavy atom. The largest absolute Gasteiger partial charge is 0.450 e. The maximum absolute atomic E-state index is 10.8. The number of rotatable bonds is 7. The van der Waals surface area contributed by atoms with E-state index in [-0.39, 0.29) is 5.90 Å². The van der Waals surface area contributed by atoms with Crippen molar-refractivity contribution in [3.63, 3.8) is 0 Å². The second-order valence-corrected chi connectivity index (χ2v) is 9.12. The highest BCUT2D eigenvalue weighted by Crippen LogP contribution is 2.33. The maximum atomic E-state index is 10.8. The predicted octanol–water partition coefficient (Wildman–Crippen LogP) is -6.11. The van der Waals surface area contributed by atoms with Crippen LogP contribution in [-0.2, 0) is 28.4 Å². The fraction of sp³-hybridized carbons (Fsp3) is 0.950. The Balaban J connectivity index is 1.42. The van der Waals surface area contributed by atoms with Crippen LogP contribution in [0.4, 0.5) is 0 Å². The summed E-state index contributed by atoms with van der Waals surface area (Å²) < 4.78 is 32.8. The highest BCUT2D eigenvalue weighted by molar-refractivity contribution is 5.75. The first kappa shape index (κ1) is 27.9. The van der Waals surface area contributed by atoms with Crippen LogP contribution in [0.5, 0.6) is 0 Å². The van der Waals surface area contributed by atoms with Crippen molar-refractivity contribution in [2.24, 2.45) is 4.99 Å². The summed E-state index contributed by atoms with van der Waals surface area (Å²) in [6.07, 6.45) is -20.7. The molecule has 0 spiro atoms. The van der Waals surface area contributed by atoms with Crippen LogP contribution in [0.15, 0.2) is 4.99 Å². The zero-order valence-electron chi connectivity index (χ0n) is 19.2. The molecule has 15 atom stereocenters. The van der Waals surface area contributed by atoms with Gasteiger partial charge in [-0.15, -0.1) is 0 Å². The summed E-state index contributed by atoms with van der Waals surface area (Å²) in [7, 11) is 0. The van der Waals surface area contributed by atoms with Gasteiger partial charge in [-0.2, -0.15) is 0 Å². The zero-order valence-corrected chi connectivity index (χ0v) is 19.2. The second kappa shape index (κ2) is 11.3. The summed E-state index contributed by atoms with van der Waals surface area (Å²) in [4.78, 5) is 4.13. The van der Waals surface area contributed by atoms with Crippen LogP contribution < -0.4 is 0 Å². The highest BCUT2D eigenvalue weighted by Gasteiger charge is 2.53. The smallest absolute Gasteiger partial charge is 0.227 e. The van der Waals surface area contributed by atoms with Crippen LogP contribution in [0.3, 0.4) is 0 Å². The van der Waals surface area contributed by atoms with Crippen molar-refractivity contribution in [1.82, 2.24) is 0 Å². The van der Waals surface area contributed by atoms with E-state index in [1.807, 2.05) is 0 Å². The Hall–Kier alpha value is -1.09. The summed E-state index contributed by atoms with van der Waals surface area (Å²) >= 11 is 0. The summed E-state index contributed by atoms with van der Waals surface area (Å²) in [5.41, 5.74) is 0. The number of aliphatic hydroxyl groups excluding tert-OH is 9. The van der Waals surface area contributed by atoms with Crippen molar-refractivity contribution >= 4 is 5.90 Å². The lowest BCUT2D eigenvalue weighted by molar-refractivity contribution is -0.352. The zero-order chi connectivity index (χ0) is 26.3. The minimum atomic E-state index is -1.79. The van der Waals surface area contributed by atoms with Gasteiger partial charge in [-0.1, -0.05) is 0 Å². The summed E-state index contributed by atoms with van der Waals surface area (Å²) in [6.45, 7) is -0.264. The van der Waals surface area contributed by atoms with Crippen LogP contribution in [0.1, 0.15) is 6.92 Å². The van der Waals surface area contributed by atoms with E-state index < -0.39 is 112 Å². The SMILES string of the molecule is CC1=N[C@H]2C(O)[C@H](O[C@@H]3OC(CO[C@H]4OC(CO)[C@@H](O)[C@H](O)C4O)[C@@H](O)[C@H](O)C3O)C(CO)O[C@@H]2O1. The molecule has 0 aromatic rings. The highest BCUT2D eigenvalue weighted by atomic mass is 16.8. The molecule has 0 aromatic heterocycles. The molecule has 4 aliphatic rings. The monoisotopic (exact) mass is 527 g/mol. The lowest BCUT2D eigenvalue weighted by Gasteiger charge is -2.45. The van der Waals surface area contributed by atoms with Crippen LogP contribution in [0, 0.1) is 0 Å². The normalized spacial score (nSPS) is 51.4. The third-order valence-corrected chi connectivity index (χ3v) is 6.67. The molecule has 208 valence electrons. The van der Waals surface area contributed by atoms with E-state index in [1.165, 1.54) is 0 Å². The number of aliphatic hydroxyl groups is 9. The van der Waals surface area contributed by atoms with E-state index in [4.69, 9.17) is 28.4 Å². The Kier molecular flexibility index (Phi) is 8.80. The molecule has 0 aromatic carbocycles. The van der Waals surface area contributed by atoms with Gasteiger partial charge in [-0.25, -0.2) is 4.99 Å². The van der Waals surface area contributed by atoms with Gasteiger partial charge in [0.15, 0.2) is 18.5 Å². The third-order valence-electron chi connectivity index (χ3n) is 6.67. The maximum Gasteiger partial charge on any atom is 0.227 e. The summed E-state index contributed by atoms with van der Waals surface area (Å²) in [6, 6.07) is -0.876. The van der Waals surface area contributed by atoms with Gasteiger partial charge in [0.2, 0.25) is 6.29 Å². The molecule has 3 saturated heterocycles. The molecule has 0 radical (unpaired) electrons. The average molecular weight is 527 g/mol. The lowest BCUT2D eigenvalue weighted by atomic mass is 9.96. The van der Waals surface area contributed by atoms with Crippen LogP contribution in [0.25, 0.3) is 0 Å². The number of hydrogen-bond acceptors (Lipinski definition) is 16. The third kappa shape index (κ3) is 5.25. The van der Waals surface area contributed by atoms with Gasteiger partial charge in [0, 0.05) is 6.92 Å². The van der Waals surface area contributed by atoms with Gasteiger partial charge >= 0.3 is 0 Å².